The lowest BCUT2D eigenvalue weighted by molar-refractivity contribution is 0.153. The molecule has 2 saturated heterocycles. The molecule has 0 aromatic heterocycles. The number of nitrogens with zero attached hydrogens (tertiary/aromatic N) is 2. The molecule has 4 heteroatoms. The van der Waals surface area contributed by atoms with Crippen LogP contribution in [0.5, 0.6) is 0 Å². The first-order chi connectivity index (χ1) is 9.86. The summed E-state index contributed by atoms with van der Waals surface area (Å²) in [5, 5.41) is 3.45. The fourth-order valence-electron chi connectivity index (χ4n) is 3.40. The number of benzene rings is 1. The first-order valence-corrected chi connectivity index (χ1v) is 7.85. The second-order valence-electron chi connectivity index (χ2n) is 5.88. The predicted molar refractivity (Wildman–Crippen MR) is 84.0 cm³/mol. The number of anilines is 1. The predicted octanol–water partition coefficient (Wildman–Crippen LogP) is 1.02. The third-order valence-corrected chi connectivity index (χ3v) is 4.65. The van der Waals surface area contributed by atoms with Crippen LogP contribution in [-0.2, 0) is 6.54 Å². The first kappa shape index (κ1) is 13.9. The van der Waals surface area contributed by atoms with Crippen molar-refractivity contribution in [2.75, 3.05) is 44.2 Å². The van der Waals surface area contributed by atoms with Gasteiger partial charge in [-0.15, -0.1) is 0 Å². The molecular formula is C16H26N4. The Morgan fingerprint density at radius 2 is 1.85 bits per heavy atom. The lowest BCUT2D eigenvalue weighted by atomic mass is 10.0. The van der Waals surface area contributed by atoms with E-state index in [0.717, 1.165) is 19.1 Å². The monoisotopic (exact) mass is 274 g/mol. The van der Waals surface area contributed by atoms with Crippen molar-refractivity contribution in [3.63, 3.8) is 0 Å². The van der Waals surface area contributed by atoms with E-state index in [2.05, 4.69) is 39.4 Å². The van der Waals surface area contributed by atoms with E-state index in [4.69, 9.17) is 5.73 Å². The van der Waals surface area contributed by atoms with Gasteiger partial charge in [-0.05, 0) is 43.6 Å². The number of piperidine rings is 1. The van der Waals surface area contributed by atoms with Gasteiger partial charge in [0, 0.05) is 44.5 Å². The summed E-state index contributed by atoms with van der Waals surface area (Å²) >= 11 is 0. The molecule has 4 nitrogen and oxygen atoms in total. The van der Waals surface area contributed by atoms with Gasteiger partial charge in [0.1, 0.15) is 0 Å². The highest BCUT2D eigenvalue weighted by atomic mass is 15.3. The van der Waals surface area contributed by atoms with Gasteiger partial charge in [0.05, 0.1) is 0 Å². The van der Waals surface area contributed by atoms with Crippen molar-refractivity contribution in [3.8, 4) is 0 Å². The van der Waals surface area contributed by atoms with E-state index < -0.39 is 0 Å². The molecule has 0 radical (unpaired) electrons. The average Bonchev–Trinajstić information content (AvgIpc) is 2.56. The Morgan fingerprint density at radius 1 is 1.10 bits per heavy atom. The van der Waals surface area contributed by atoms with Crippen LogP contribution >= 0.6 is 0 Å². The SMILES string of the molecule is NCc1cccc(N2CCN(C3CCNCC3)CC2)c1. The van der Waals surface area contributed by atoms with Crippen LogP contribution in [0, 0.1) is 0 Å². The molecule has 2 heterocycles. The molecule has 2 aliphatic heterocycles. The quantitative estimate of drug-likeness (QED) is 0.864. The number of nitrogens with one attached hydrogen (secondary N) is 1. The van der Waals surface area contributed by atoms with E-state index in [1.54, 1.807) is 0 Å². The number of rotatable bonds is 3. The topological polar surface area (TPSA) is 44.5 Å². The lowest BCUT2D eigenvalue weighted by Gasteiger charge is -2.41. The van der Waals surface area contributed by atoms with Gasteiger partial charge in [0.2, 0.25) is 0 Å². The minimum atomic E-state index is 0.628. The van der Waals surface area contributed by atoms with E-state index in [0.29, 0.717) is 6.54 Å². The summed E-state index contributed by atoms with van der Waals surface area (Å²) in [6.45, 7) is 7.65. The number of piperazine rings is 1. The maximum absolute atomic E-state index is 5.74. The van der Waals surface area contributed by atoms with Crippen molar-refractivity contribution in [2.45, 2.75) is 25.4 Å². The molecule has 2 fully saturated rings. The summed E-state index contributed by atoms with van der Waals surface area (Å²) in [5.41, 5.74) is 8.29. The fraction of sp³-hybridized carbons (Fsp3) is 0.625. The second kappa shape index (κ2) is 6.57. The van der Waals surface area contributed by atoms with Gasteiger partial charge in [0.25, 0.3) is 0 Å². The van der Waals surface area contributed by atoms with Crippen molar-refractivity contribution in [1.29, 1.82) is 0 Å². The van der Waals surface area contributed by atoms with Crippen molar-refractivity contribution in [2.24, 2.45) is 5.73 Å². The standard InChI is InChI=1S/C16H26N4/c17-13-14-2-1-3-16(12-14)20-10-8-19(9-11-20)15-4-6-18-7-5-15/h1-3,12,15,18H,4-11,13,17H2. The highest BCUT2D eigenvalue weighted by Crippen LogP contribution is 2.20. The molecule has 1 aromatic carbocycles. The molecule has 3 N–H and O–H groups in total. The zero-order chi connectivity index (χ0) is 13.8. The highest BCUT2D eigenvalue weighted by Gasteiger charge is 2.25. The maximum Gasteiger partial charge on any atom is 0.0370 e. The van der Waals surface area contributed by atoms with Gasteiger partial charge >= 0.3 is 0 Å². The minimum Gasteiger partial charge on any atom is -0.369 e. The van der Waals surface area contributed by atoms with Crippen LogP contribution in [0.25, 0.3) is 0 Å². The Morgan fingerprint density at radius 3 is 2.55 bits per heavy atom. The zero-order valence-electron chi connectivity index (χ0n) is 12.2. The Bertz CT molecular complexity index is 420. The van der Waals surface area contributed by atoms with Gasteiger partial charge in [0.15, 0.2) is 0 Å². The van der Waals surface area contributed by atoms with Crippen molar-refractivity contribution < 1.29 is 0 Å². The van der Waals surface area contributed by atoms with Gasteiger partial charge in [-0.3, -0.25) is 4.90 Å². The van der Waals surface area contributed by atoms with Crippen molar-refractivity contribution in [3.05, 3.63) is 29.8 Å². The van der Waals surface area contributed by atoms with Crippen LogP contribution in [0.1, 0.15) is 18.4 Å². The van der Waals surface area contributed by atoms with Crippen LogP contribution in [0.2, 0.25) is 0 Å². The molecule has 110 valence electrons. The number of hydrogen-bond acceptors (Lipinski definition) is 4. The number of nitrogens with two attached hydrogens (primary N) is 1. The normalized spacial score (nSPS) is 22.1. The van der Waals surface area contributed by atoms with Crippen LogP contribution < -0.4 is 16.0 Å². The van der Waals surface area contributed by atoms with Gasteiger partial charge in [-0.2, -0.15) is 0 Å². The smallest absolute Gasteiger partial charge is 0.0370 e. The summed E-state index contributed by atoms with van der Waals surface area (Å²) in [5.74, 6) is 0. The molecule has 0 atom stereocenters. The summed E-state index contributed by atoms with van der Waals surface area (Å²) < 4.78 is 0. The third kappa shape index (κ3) is 3.14. The summed E-state index contributed by atoms with van der Waals surface area (Å²) in [6, 6.07) is 9.47. The zero-order valence-corrected chi connectivity index (χ0v) is 12.2. The molecule has 0 spiro atoms. The van der Waals surface area contributed by atoms with Gasteiger partial charge in [-0.25, -0.2) is 0 Å². The summed E-state index contributed by atoms with van der Waals surface area (Å²) in [7, 11) is 0. The largest absolute Gasteiger partial charge is 0.369 e. The first-order valence-electron chi connectivity index (χ1n) is 7.85. The fourth-order valence-corrected chi connectivity index (χ4v) is 3.40. The van der Waals surface area contributed by atoms with Crippen molar-refractivity contribution in [1.82, 2.24) is 10.2 Å². The molecule has 0 aliphatic carbocycles. The molecule has 2 aliphatic rings. The van der Waals surface area contributed by atoms with Crippen LogP contribution in [0.15, 0.2) is 24.3 Å². The lowest BCUT2D eigenvalue weighted by Crippen LogP contribution is -2.52. The van der Waals surface area contributed by atoms with Gasteiger partial charge in [-0.1, -0.05) is 12.1 Å². The van der Waals surface area contributed by atoms with Crippen LogP contribution in [0.4, 0.5) is 5.69 Å². The highest BCUT2D eigenvalue weighted by molar-refractivity contribution is 5.49. The Hall–Kier alpha value is -1.10. The van der Waals surface area contributed by atoms with E-state index in [9.17, 15) is 0 Å². The van der Waals surface area contributed by atoms with E-state index in [1.807, 2.05) is 0 Å². The number of hydrogen-bond donors (Lipinski definition) is 2. The van der Waals surface area contributed by atoms with Crippen LogP contribution in [0.3, 0.4) is 0 Å². The molecule has 20 heavy (non-hydrogen) atoms. The minimum absolute atomic E-state index is 0.628. The summed E-state index contributed by atoms with van der Waals surface area (Å²) in [4.78, 5) is 5.18. The van der Waals surface area contributed by atoms with E-state index >= 15 is 0 Å². The Kier molecular flexibility index (Phi) is 4.55. The van der Waals surface area contributed by atoms with E-state index in [-0.39, 0.29) is 0 Å². The molecule has 0 amide bonds. The molecule has 1 aromatic rings. The molecular weight excluding hydrogens is 248 g/mol. The third-order valence-electron chi connectivity index (χ3n) is 4.65. The second-order valence-corrected chi connectivity index (χ2v) is 5.88. The molecule has 0 saturated carbocycles. The molecule has 0 bridgehead atoms. The van der Waals surface area contributed by atoms with Gasteiger partial charge < -0.3 is 16.0 Å². The van der Waals surface area contributed by atoms with Crippen molar-refractivity contribution >= 4 is 5.69 Å². The molecule has 3 rings (SSSR count). The average molecular weight is 274 g/mol. The molecule has 0 unspecified atom stereocenters. The maximum atomic E-state index is 5.74. The van der Waals surface area contributed by atoms with E-state index in [1.165, 1.54) is 50.3 Å². The Labute approximate surface area is 121 Å². The Balaban J connectivity index is 1.57. The van der Waals surface area contributed by atoms with Crippen LogP contribution in [-0.4, -0.2) is 50.2 Å². The summed E-state index contributed by atoms with van der Waals surface area (Å²) in [6.07, 6.45) is 2.62.